The highest BCUT2D eigenvalue weighted by atomic mass is 32.2. The van der Waals surface area contributed by atoms with Gasteiger partial charge in [-0.2, -0.15) is 0 Å². The minimum Gasteiger partial charge on any atom is -0.507 e. The molecular weight excluding hydrogens is 380 g/mol. The Labute approximate surface area is 178 Å². The van der Waals surface area contributed by atoms with Crippen LogP contribution in [0, 0.1) is 22.7 Å². The zero-order valence-electron chi connectivity index (χ0n) is 17.8. The first kappa shape index (κ1) is 20.5. The second kappa shape index (κ2) is 7.82. The van der Waals surface area contributed by atoms with E-state index in [4.69, 9.17) is 4.42 Å². The zero-order chi connectivity index (χ0) is 20.6. The SMILES string of the molecule is C=C1CC[C@@H]2C(C)(C)CCC[C@]2(C)[C@H]1CCSc1nnc(-c2ccccc2O)o1. The number of hydrogen-bond acceptors (Lipinski definition) is 5. The number of hydrogen-bond donors (Lipinski definition) is 1. The molecule has 2 aliphatic carbocycles. The predicted molar refractivity (Wildman–Crippen MR) is 118 cm³/mol. The van der Waals surface area contributed by atoms with Crippen molar-refractivity contribution < 1.29 is 9.52 Å². The Hall–Kier alpha value is -1.75. The van der Waals surface area contributed by atoms with Crippen molar-refractivity contribution in [3.8, 4) is 17.2 Å². The van der Waals surface area contributed by atoms with Crippen LogP contribution in [0.1, 0.15) is 59.3 Å². The number of phenols is 1. The maximum atomic E-state index is 9.99. The summed E-state index contributed by atoms with van der Waals surface area (Å²) in [6.07, 6.45) is 7.54. The lowest BCUT2D eigenvalue weighted by atomic mass is 9.47. The number of rotatable bonds is 5. The summed E-state index contributed by atoms with van der Waals surface area (Å²) < 4.78 is 5.79. The number of nitrogens with zero attached hydrogens (tertiary/aromatic N) is 2. The van der Waals surface area contributed by atoms with Crippen LogP contribution in [0.15, 0.2) is 46.1 Å². The molecular formula is C24H32N2O2S. The normalized spacial score (nSPS) is 28.9. The second-order valence-corrected chi connectivity index (χ2v) is 10.7. The minimum absolute atomic E-state index is 0.157. The Morgan fingerprint density at radius 2 is 2.00 bits per heavy atom. The van der Waals surface area contributed by atoms with E-state index in [-0.39, 0.29) is 5.75 Å². The highest BCUT2D eigenvalue weighted by molar-refractivity contribution is 7.99. The van der Waals surface area contributed by atoms with E-state index in [2.05, 4.69) is 37.5 Å². The molecule has 0 radical (unpaired) electrons. The average molecular weight is 413 g/mol. The maximum absolute atomic E-state index is 9.99. The smallest absolute Gasteiger partial charge is 0.276 e. The van der Waals surface area contributed by atoms with Gasteiger partial charge in [-0.15, -0.1) is 10.2 Å². The van der Waals surface area contributed by atoms with Gasteiger partial charge in [0.2, 0.25) is 0 Å². The highest BCUT2D eigenvalue weighted by Gasteiger charge is 2.52. The summed E-state index contributed by atoms with van der Waals surface area (Å²) in [6, 6.07) is 7.05. The summed E-state index contributed by atoms with van der Waals surface area (Å²) in [4.78, 5) is 0. The van der Waals surface area contributed by atoms with Gasteiger partial charge in [0, 0.05) is 5.75 Å². The standard InChI is InChI=1S/C24H32N2O2S/c1-16-10-11-20-23(2,3)13-7-14-24(20,4)18(16)12-15-29-22-26-25-21(28-22)17-8-5-6-9-19(17)27/h5-6,8-9,18,20,27H,1,7,10-15H2,2-4H3/t18-,20+,24+/m0/s1. The summed E-state index contributed by atoms with van der Waals surface area (Å²) in [5.41, 5.74) is 2.79. The first-order valence-corrected chi connectivity index (χ1v) is 11.7. The number of phenolic OH excluding ortho intramolecular Hbond substituents is 1. The molecule has 0 unspecified atom stereocenters. The van der Waals surface area contributed by atoms with Gasteiger partial charge in [0.15, 0.2) is 0 Å². The highest BCUT2D eigenvalue weighted by Crippen LogP contribution is 2.61. The van der Waals surface area contributed by atoms with E-state index in [1.54, 1.807) is 30.0 Å². The number of thioether (sulfide) groups is 1. The van der Waals surface area contributed by atoms with Gasteiger partial charge in [-0.1, -0.05) is 63.2 Å². The molecule has 1 aromatic carbocycles. The molecule has 5 heteroatoms. The molecule has 4 rings (SSSR count). The average Bonchev–Trinajstić information content (AvgIpc) is 3.12. The Morgan fingerprint density at radius 1 is 1.21 bits per heavy atom. The van der Waals surface area contributed by atoms with Gasteiger partial charge in [0.1, 0.15) is 5.75 Å². The first-order chi connectivity index (χ1) is 13.8. The summed E-state index contributed by atoms with van der Waals surface area (Å²) in [5, 5.41) is 18.8. The molecule has 0 saturated heterocycles. The lowest BCUT2D eigenvalue weighted by molar-refractivity contribution is -0.0524. The quantitative estimate of drug-likeness (QED) is 0.436. The van der Waals surface area contributed by atoms with Crippen LogP contribution in [0.3, 0.4) is 0 Å². The van der Waals surface area contributed by atoms with Crippen molar-refractivity contribution in [2.45, 2.75) is 64.5 Å². The maximum Gasteiger partial charge on any atom is 0.276 e. The van der Waals surface area contributed by atoms with E-state index < -0.39 is 0 Å². The monoisotopic (exact) mass is 412 g/mol. The Balaban J connectivity index is 1.42. The van der Waals surface area contributed by atoms with Crippen molar-refractivity contribution in [1.82, 2.24) is 10.2 Å². The fraction of sp³-hybridized carbons (Fsp3) is 0.583. The molecule has 1 heterocycles. The number of allylic oxidation sites excluding steroid dienone is 1. The lowest BCUT2D eigenvalue weighted by Crippen LogP contribution is -2.49. The molecule has 156 valence electrons. The third-order valence-corrected chi connectivity index (χ3v) is 8.34. The third kappa shape index (κ3) is 3.86. The molecule has 0 bridgehead atoms. The third-order valence-electron chi connectivity index (χ3n) is 7.49. The van der Waals surface area contributed by atoms with Gasteiger partial charge in [-0.3, -0.25) is 0 Å². The van der Waals surface area contributed by atoms with Gasteiger partial charge in [-0.25, -0.2) is 0 Å². The summed E-state index contributed by atoms with van der Waals surface area (Å²) >= 11 is 1.61. The molecule has 2 saturated carbocycles. The van der Waals surface area contributed by atoms with Gasteiger partial charge >= 0.3 is 0 Å². The van der Waals surface area contributed by atoms with Crippen LogP contribution in [-0.4, -0.2) is 21.1 Å². The minimum atomic E-state index is 0.157. The predicted octanol–water partition coefficient (Wildman–Crippen LogP) is 6.72. The fourth-order valence-electron chi connectivity index (χ4n) is 6.10. The molecule has 0 aliphatic heterocycles. The van der Waals surface area contributed by atoms with Gasteiger partial charge < -0.3 is 9.52 Å². The number of aromatic hydroxyl groups is 1. The van der Waals surface area contributed by atoms with E-state index in [1.165, 1.54) is 31.3 Å². The molecule has 29 heavy (non-hydrogen) atoms. The van der Waals surface area contributed by atoms with E-state index in [9.17, 15) is 5.11 Å². The molecule has 3 atom stereocenters. The fourth-order valence-corrected chi connectivity index (χ4v) is 6.87. The summed E-state index contributed by atoms with van der Waals surface area (Å²) in [6.45, 7) is 11.9. The second-order valence-electron chi connectivity index (χ2n) is 9.68. The van der Waals surface area contributed by atoms with E-state index in [1.807, 2.05) is 6.07 Å². The Bertz CT molecular complexity index is 891. The molecule has 4 nitrogen and oxygen atoms in total. The largest absolute Gasteiger partial charge is 0.507 e. The Kier molecular flexibility index (Phi) is 5.54. The van der Waals surface area contributed by atoms with Gasteiger partial charge in [0.25, 0.3) is 11.1 Å². The number of benzene rings is 1. The molecule has 1 aromatic heterocycles. The lowest BCUT2D eigenvalue weighted by Gasteiger charge is -2.58. The van der Waals surface area contributed by atoms with Crippen LogP contribution in [0.2, 0.25) is 0 Å². The molecule has 2 fully saturated rings. The van der Waals surface area contributed by atoms with E-state index in [0.29, 0.717) is 33.4 Å². The van der Waals surface area contributed by atoms with Gasteiger partial charge in [-0.05, 0) is 66.9 Å². The van der Waals surface area contributed by atoms with Crippen LogP contribution >= 0.6 is 11.8 Å². The van der Waals surface area contributed by atoms with Crippen molar-refractivity contribution >= 4 is 11.8 Å². The van der Waals surface area contributed by atoms with Crippen molar-refractivity contribution in [3.63, 3.8) is 0 Å². The van der Waals surface area contributed by atoms with Crippen LogP contribution < -0.4 is 0 Å². The summed E-state index contributed by atoms with van der Waals surface area (Å²) in [7, 11) is 0. The number of fused-ring (bicyclic) bond motifs is 1. The number of aromatic nitrogens is 2. The van der Waals surface area contributed by atoms with Crippen LogP contribution in [0.25, 0.3) is 11.5 Å². The Morgan fingerprint density at radius 3 is 2.79 bits per heavy atom. The van der Waals surface area contributed by atoms with Crippen molar-refractivity contribution in [2.24, 2.45) is 22.7 Å². The number of para-hydroxylation sites is 1. The van der Waals surface area contributed by atoms with E-state index >= 15 is 0 Å². The first-order valence-electron chi connectivity index (χ1n) is 10.7. The molecule has 2 aliphatic rings. The summed E-state index contributed by atoms with van der Waals surface area (Å²) in [5.74, 6) is 2.81. The van der Waals surface area contributed by atoms with Crippen LogP contribution in [0.5, 0.6) is 5.75 Å². The van der Waals surface area contributed by atoms with Crippen molar-refractivity contribution in [3.05, 3.63) is 36.4 Å². The topological polar surface area (TPSA) is 59.2 Å². The zero-order valence-corrected chi connectivity index (χ0v) is 18.6. The van der Waals surface area contributed by atoms with E-state index in [0.717, 1.165) is 24.5 Å². The van der Waals surface area contributed by atoms with Crippen molar-refractivity contribution in [1.29, 1.82) is 0 Å². The van der Waals surface area contributed by atoms with Gasteiger partial charge in [0.05, 0.1) is 5.56 Å². The van der Waals surface area contributed by atoms with Crippen LogP contribution in [-0.2, 0) is 0 Å². The molecule has 1 N–H and O–H groups in total. The van der Waals surface area contributed by atoms with Crippen LogP contribution in [0.4, 0.5) is 0 Å². The van der Waals surface area contributed by atoms with Crippen molar-refractivity contribution in [2.75, 3.05) is 5.75 Å². The molecule has 0 amide bonds. The molecule has 2 aromatic rings. The molecule has 0 spiro atoms.